The van der Waals surface area contributed by atoms with Crippen LogP contribution in [0, 0.1) is 0 Å². The fourth-order valence-corrected chi connectivity index (χ4v) is 3.91. The molecule has 4 rings (SSSR count). The summed E-state index contributed by atoms with van der Waals surface area (Å²) >= 11 is 0. The number of hydrogen-bond donors (Lipinski definition) is 1. The van der Waals surface area contributed by atoms with Crippen LogP contribution in [0.3, 0.4) is 0 Å². The van der Waals surface area contributed by atoms with Gasteiger partial charge in [0.1, 0.15) is 12.6 Å². The standard InChI is InChI=1S/C27H28N2O3/c1-27(2,3)21-13-15-22(16-14-21)28-25(30)24-23-12-8-7-11-20(23)17-29(24)26(31)32-18-19-9-5-4-6-10-19/h4-16,24H,17-18H2,1-3H3,(H,28,30). The van der Waals surface area contributed by atoms with E-state index >= 15 is 0 Å². The van der Waals surface area contributed by atoms with Crippen molar-refractivity contribution in [1.29, 1.82) is 0 Å². The molecule has 0 saturated heterocycles. The van der Waals surface area contributed by atoms with Gasteiger partial charge in [0, 0.05) is 5.69 Å². The number of nitrogens with zero attached hydrogens (tertiary/aromatic N) is 1. The zero-order valence-electron chi connectivity index (χ0n) is 18.7. The second-order valence-corrected chi connectivity index (χ2v) is 9.09. The van der Waals surface area contributed by atoms with Gasteiger partial charge in [-0.3, -0.25) is 9.69 Å². The highest BCUT2D eigenvalue weighted by Gasteiger charge is 2.39. The van der Waals surface area contributed by atoms with Crippen molar-refractivity contribution in [2.24, 2.45) is 0 Å². The lowest BCUT2D eigenvalue weighted by atomic mass is 9.87. The highest BCUT2D eigenvalue weighted by molar-refractivity contribution is 5.98. The molecule has 0 aromatic heterocycles. The number of hydrogen-bond acceptors (Lipinski definition) is 3. The normalized spacial score (nSPS) is 15.2. The summed E-state index contributed by atoms with van der Waals surface area (Å²) in [5.74, 6) is -0.255. The molecule has 32 heavy (non-hydrogen) atoms. The van der Waals surface area contributed by atoms with E-state index in [4.69, 9.17) is 4.74 Å². The van der Waals surface area contributed by atoms with Crippen LogP contribution in [0.1, 0.15) is 49.1 Å². The van der Waals surface area contributed by atoms with Crippen molar-refractivity contribution in [2.45, 2.75) is 45.4 Å². The second kappa shape index (κ2) is 8.87. The van der Waals surface area contributed by atoms with Gasteiger partial charge in [-0.05, 0) is 39.8 Å². The van der Waals surface area contributed by atoms with E-state index in [1.165, 1.54) is 10.5 Å². The van der Waals surface area contributed by atoms with Gasteiger partial charge in [-0.1, -0.05) is 87.5 Å². The van der Waals surface area contributed by atoms with Crippen molar-refractivity contribution in [1.82, 2.24) is 4.90 Å². The summed E-state index contributed by atoms with van der Waals surface area (Å²) in [4.78, 5) is 27.7. The number of carbonyl (C=O) groups excluding carboxylic acids is 2. The van der Waals surface area contributed by atoms with Gasteiger partial charge in [0.25, 0.3) is 5.91 Å². The quantitative estimate of drug-likeness (QED) is 0.570. The molecule has 1 aliphatic rings. The number of nitrogens with one attached hydrogen (secondary N) is 1. The van der Waals surface area contributed by atoms with E-state index < -0.39 is 12.1 Å². The summed E-state index contributed by atoms with van der Waals surface area (Å²) in [6.07, 6.45) is -0.506. The van der Waals surface area contributed by atoms with Crippen molar-refractivity contribution >= 4 is 17.7 Å². The number of ether oxygens (including phenoxy) is 1. The minimum Gasteiger partial charge on any atom is -0.445 e. The van der Waals surface area contributed by atoms with E-state index in [1.54, 1.807) is 0 Å². The van der Waals surface area contributed by atoms with Crippen molar-refractivity contribution in [3.8, 4) is 0 Å². The Labute approximate surface area is 189 Å². The molecule has 1 heterocycles. The monoisotopic (exact) mass is 428 g/mol. The Kier molecular flexibility index (Phi) is 5.99. The van der Waals surface area contributed by atoms with Gasteiger partial charge in [-0.2, -0.15) is 0 Å². The van der Waals surface area contributed by atoms with E-state index in [-0.39, 0.29) is 17.9 Å². The molecule has 1 aliphatic heterocycles. The molecule has 3 aromatic rings. The van der Waals surface area contributed by atoms with Crippen molar-refractivity contribution in [3.05, 3.63) is 101 Å². The number of carbonyl (C=O) groups is 2. The number of fused-ring (bicyclic) bond motifs is 1. The molecule has 1 atom stereocenters. The molecule has 0 radical (unpaired) electrons. The number of benzene rings is 3. The van der Waals surface area contributed by atoms with E-state index in [0.29, 0.717) is 12.2 Å². The van der Waals surface area contributed by atoms with E-state index in [9.17, 15) is 9.59 Å². The van der Waals surface area contributed by atoms with Gasteiger partial charge >= 0.3 is 6.09 Å². The van der Waals surface area contributed by atoms with Gasteiger partial charge in [-0.25, -0.2) is 4.79 Å². The summed E-state index contributed by atoms with van der Waals surface area (Å²) in [6.45, 7) is 6.94. The average Bonchev–Trinajstić information content (AvgIpc) is 3.18. The summed E-state index contributed by atoms with van der Waals surface area (Å²) in [5, 5.41) is 2.97. The lowest BCUT2D eigenvalue weighted by Crippen LogP contribution is -2.37. The molecular weight excluding hydrogens is 400 g/mol. The first-order valence-corrected chi connectivity index (χ1v) is 10.8. The Morgan fingerprint density at radius 2 is 1.59 bits per heavy atom. The lowest BCUT2D eigenvalue weighted by molar-refractivity contribution is -0.120. The van der Waals surface area contributed by atoms with E-state index in [0.717, 1.165) is 16.7 Å². The smallest absolute Gasteiger partial charge is 0.411 e. The average molecular weight is 429 g/mol. The van der Waals surface area contributed by atoms with Crippen LogP contribution in [0.15, 0.2) is 78.9 Å². The Bertz CT molecular complexity index is 1100. The summed E-state index contributed by atoms with van der Waals surface area (Å²) in [7, 11) is 0. The van der Waals surface area contributed by atoms with Crippen LogP contribution < -0.4 is 5.32 Å². The number of anilines is 1. The predicted molar refractivity (Wildman–Crippen MR) is 125 cm³/mol. The van der Waals surface area contributed by atoms with Crippen LogP contribution in [0.5, 0.6) is 0 Å². The summed E-state index contributed by atoms with van der Waals surface area (Å²) in [5.41, 5.74) is 4.60. The molecule has 0 spiro atoms. The van der Waals surface area contributed by atoms with E-state index in [2.05, 4.69) is 26.1 Å². The van der Waals surface area contributed by atoms with Crippen molar-refractivity contribution < 1.29 is 14.3 Å². The molecule has 5 nitrogen and oxygen atoms in total. The third-order valence-corrected chi connectivity index (χ3v) is 5.71. The largest absolute Gasteiger partial charge is 0.445 e. The Morgan fingerprint density at radius 1 is 0.938 bits per heavy atom. The maximum atomic E-state index is 13.3. The molecule has 2 amide bonds. The number of rotatable bonds is 4. The zero-order valence-corrected chi connectivity index (χ0v) is 18.7. The molecule has 0 aliphatic carbocycles. The highest BCUT2D eigenvalue weighted by Crippen LogP contribution is 2.35. The summed E-state index contributed by atoms with van der Waals surface area (Å²) in [6, 6.07) is 24.2. The zero-order chi connectivity index (χ0) is 22.7. The van der Waals surface area contributed by atoms with Crippen LogP contribution in [-0.4, -0.2) is 16.9 Å². The van der Waals surface area contributed by atoms with Crippen LogP contribution >= 0.6 is 0 Å². The van der Waals surface area contributed by atoms with Gasteiger partial charge in [0.2, 0.25) is 0 Å². The molecule has 3 aromatic carbocycles. The fourth-order valence-electron chi connectivity index (χ4n) is 3.91. The fraction of sp³-hybridized carbons (Fsp3) is 0.259. The molecule has 5 heteroatoms. The van der Waals surface area contributed by atoms with Gasteiger partial charge in [-0.15, -0.1) is 0 Å². The maximum Gasteiger partial charge on any atom is 0.411 e. The van der Waals surface area contributed by atoms with Gasteiger partial charge in [0.15, 0.2) is 0 Å². The first kappa shape index (κ1) is 21.6. The molecule has 0 fully saturated rings. The minimum absolute atomic E-state index is 0.0340. The van der Waals surface area contributed by atoms with Gasteiger partial charge < -0.3 is 10.1 Å². The Hall–Kier alpha value is -3.60. The Balaban J connectivity index is 1.51. The molecule has 1 N–H and O–H groups in total. The summed E-state index contributed by atoms with van der Waals surface area (Å²) < 4.78 is 5.53. The Morgan fingerprint density at radius 3 is 2.28 bits per heavy atom. The first-order chi connectivity index (χ1) is 15.3. The number of amides is 2. The maximum absolute atomic E-state index is 13.3. The second-order valence-electron chi connectivity index (χ2n) is 9.09. The minimum atomic E-state index is -0.739. The third-order valence-electron chi connectivity index (χ3n) is 5.71. The van der Waals surface area contributed by atoms with Crippen LogP contribution in [0.4, 0.5) is 10.5 Å². The van der Waals surface area contributed by atoms with Crippen LogP contribution in [0.25, 0.3) is 0 Å². The molecule has 164 valence electrons. The topological polar surface area (TPSA) is 58.6 Å². The van der Waals surface area contributed by atoms with Crippen molar-refractivity contribution in [2.75, 3.05) is 5.32 Å². The van der Waals surface area contributed by atoms with Gasteiger partial charge in [0.05, 0.1) is 6.54 Å². The van der Waals surface area contributed by atoms with Crippen LogP contribution in [-0.2, 0) is 28.1 Å². The van der Waals surface area contributed by atoms with Crippen LogP contribution in [0.2, 0.25) is 0 Å². The SMILES string of the molecule is CC(C)(C)c1ccc(NC(=O)C2c3ccccc3CN2C(=O)OCc2ccccc2)cc1. The highest BCUT2D eigenvalue weighted by atomic mass is 16.6. The third kappa shape index (κ3) is 4.67. The molecule has 0 saturated carbocycles. The molecule has 1 unspecified atom stereocenters. The lowest BCUT2D eigenvalue weighted by Gasteiger charge is -2.24. The molecule has 0 bridgehead atoms. The van der Waals surface area contributed by atoms with E-state index in [1.807, 2.05) is 78.9 Å². The molecular formula is C27H28N2O3. The predicted octanol–water partition coefficient (Wildman–Crippen LogP) is 5.82. The van der Waals surface area contributed by atoms with Crippen molar-refractivity contribution in [3.63, 3.8) is 0 Å². The first-order valence-electron chi connectivity index (χ1n) is 10.8.